The lowest BCUT2D eigenvalue weighted by Gasteiger charge is -2.16. The van der Waals surface area contributed by atoms with Gasteiger partial charge in [-0.2, -0.15) is 5.11 Å². The van der Waals surface area contributed by atoms with Crippen LogP contribution < -0.4 is 24.3 Å². The van der Waals surface area contributed by atoms with Crippen molar-refractivity contribution in [3.8, 4) is 23.0 Å². The number of halogens is 2. The minimum atomic E-state index is -1.45. The number of nitrogens with zero attached hydrogens (tertiary/aromatic N) is 2. The molecule has 2 aromatic carbocycles. The van der Waals surface area contributed by atoms with Gasteiger partial charge in [-0.05, 0) is 39.0 Å². The lowest BCUT2D eigenvalue weighted by Crippen LogP contribution is -2.31. The van der Waals surface area contributed by atoms with Gasteiger partial charge in [0, 0.05) is 11.8 Å². The highest BCUT2D eigenvalue weighted by molar-refractivity contribution is 6.33. The van der Waals surface area contributed by atoms with E-state index in [2.05, 4.69) is 15.5 Å². The van der Waals surface area contributed by atoms with Crippen LogP contribution in [0.2, 0.25) is 10.0 Å². The fourth-order valence-corrected chi connectivity index (χ4v) is 3.31. The standard InChI is InChI=1S/C22H25Cl2N3O6/c1-6-32-17-11-13(10-15(24)20(17)33-7-2)25-22(29)18(12(3)28)26-27-19-16(30-4)9-8-14(23)21(19)31-5/h8-11,18H,6-7H2,1-5H3,(H,25,29). The van der Waals surface area contributed by atoms with Crippen LogP contribution in [0, 0.1) is 0 Å². The lowest BCUT2D eigenvalue weighted by atomic mass is 10.2. The molecular weight excluding hydrogens is 473 g/mol. The molecule has 9 nitrogen and oxygen atoms in total. The molecule has 0 saturated heterocycles. The molecule has 0 heterocycles. The second kappa shape index (κ2) is 12.3. The number of benzene rings is 2. The molecular formula is C22H25Cl2N3O6. The highest BCUT2D eigenvalue weighted by Gasteiger charge is 2.25. The van der Waals surface area contributed by atoms with Crippen LogP contribution in [0.15, 0.2) is 34.5 Å². The van der Waals surface area contributed by atoms with Crippen molar-refractivity contribution in [2.45, 2.75) is 26.8 Å². The Labute approximate surface area is 202 Å². The smallest absolute Gasteiger partial charge is 0.258 e. The Bertz CT molecular complexity index is 1050. The number of amides is 1. The van der Waals surface area contributed by atoms with E-state index in [1.165, 1.54) is 27.2 Å². The van der Waals surface area contributed by atoms with Gasteiger partial charge in [-0.25, -0.2) is 0 Å². The number of methoxy groups -OCH3 is 2. The molecule has 0 aliphatic carbocycles. The van der Waals surface area contributed by atoms with E-state index in [0.717, 1.165) is 0 Å². The Morgan fingerprint density at radius 2 is 1.67 bits per heavy atom. The van der Waals surface area contributed by atoms with Crippen LogP contribution in [0.4, 0.5) is 11.4 Å². The molecule has 11 heteroatoms. The molecule has 0 aliphatic heterocycles. The third-order valence-electron chi connectivity index (χ3n) is 4.24. The molecule has 1 amide bonds. The predicted molar refractivity (Wildman–Crippen MR) is 126 cm³/mol. The number of anilines is 1. The summed E-state index contributed by atoms with van der Waals surface area (Å²) in [5.41, 5.74) is 0.450. The first-order valence-corrected chi connectivity index (χ1v) is 10.7. The molecule has 2 rings (SSSR count). The fourth-order valence-electron chi connectivity index (χ4n) is 2.81. The Morgan fingerprint density at radius 1 is 0.970 bits per heavy atom. The molecule has 0 saturated carbocycles. The summed E-state index contributed by atoms with van der Waals surface area (Å²) in [7, 11) is 2.84. The minimum Gasteiger partial charge on any atom is -0.494 e. The summed E-state index contributed by atoms with van der Waals surface area (Å²) >= 11 is 12.4. The molecule has 0 aromatic heterocycles. The van der Waals surface area contributed by atoms with Crippen LogP contribution in [0.1, 0.15) is 20.8 Å². The van der Waals surface area contributed by atoms with Crippen LogP contribution in [-0.2, 0) is 9.59 Å². The molecule has 0 aliphatic rings. The van der Waals surface area contributed by atoms with Crippen molar-refractivity contribution in [1.29, 1.82) is 0 Å². The monoisotopic (exact) mass is 497 g/mol. The van der Waals surface area contributed by atoms with E-state index in [1.807, 2.05) is 6.92 Å². The molecule has 0 fully saturated rings. The number of carbonyl (C=O) groups excluding carboxylic acids is 2. The first-order chi connectivity index (χ1) is 15.8. The summed E-state index contributed by atoms with van der Waals surface area (Å²) in [4.78, 5) is 25.0. The van der Waals surface area contributed by atoms with Gasteiger partial charge in [0.15, 0.2) is 28.7 Å². The molecule has 0 radical (unpaired) electrons. The van der Waals surface area contributed by atoms with Crippen molar-refractivity contribution < 1.29 is 28.5 Å². The van der Waals surface area contributed by atoms with E-state index in [-0.39, 0.29) is 21.5 Å². The van der Waals surface area contributed by atoms with Gasteiger partial charge in [-0.15, -0.1) is 5.11 Å². The quantitative estimate of drug-likeness (QED) is 0.324. The summed E-state index contributed by atoms with van der Waals surface area (Å²) < 4.78 is 21.6. The topological polar surface area (TPSA) is 108 Å². The maximum atomic E-state index is 12.9. The highest BCUT2D eigenvalue weighted by Crippen LogP contribution is 2.43. The second-order valence-electron chi connectivity index (χ2n) is 6.50. The van der Waals surface area contributed by atoms with Crippen molar-refractivity contribution in [3.63, 3.8) is 0 Å². The summed E-state index contributed by atoms with van der Waals surface area (Å²) in [6, 6.07) is 4.73. The summed E-state index contributed by atoms with van der Waals surface area (Å²) in [5.74, 6) is -0.0184. The zero-order chi connectivity index (χ0) is 24.5. The van der Waals surface area contributed by atoms with E-state index < -0.39 is 17.7 Å². The average molecular weight is 498 g/mol. The molecule has 2 aromatic rings. The van der Waals surface area contributed by atoms with E-state index in [4.69, 9.17) is 42.1 Å². The van der Waals surface area contributed by atoms with Crippen molar-refractivity contribution >= 4 is 46.3 Å². The summed E-state index contributed by atoms with van der Waals surface area (Å²) in [6.45, 7) is 5.59. The summed E-state index contributed by atoms with van der Waals surface area (Å²) in [6.07, 6.45) is 0. The van der Waals surface area contributed by atoms with Crippen molar-refractivity contribution in [3.05, 3.63) is 34.3 Å². The molecule has 33 heavy (non-hydrogen) atoms. The SMILES string of the molecule is CCOc1cc(NC(=O)C(N=Nc2c(OC)ccc(Cl)c2OC)C(C)=O)cc(Cl)c1OCC. The zero-order valence-electron chi connectivity index (χ0n) is 18.9. The second-order valence-corrected chi connectivity index (χ2v) is 7.32. The van der Waals surface area contributed by atoms with Crippen LogP contribution >= 0.6 is 23.2 Å². The van der Waals surface area contributed by atoms with Gasteiger partial charge in [0.1, 0.15) is 5.75 Å². The van der Waals surface area contributed by atoms with Gasteiger partial charge < -0.3 is 24.3 Å². The van der Waals surface area contributed by atoms with E-state index in [1.54, 1.807) is 25.1 Å². The van der Waals surface area contributed by atoms with E-state index >= 15 is 0 Å². The van der Waals surface area contributed by atoms with Crippen LogP contribution in [0.5, 0.6) is 23.0 Å². The maximum Gasteiger partial charge on any atom is 0.258 e. The van der Waals surface area contributed by atoms with E-state index in [9.17, 15) is 9.59 Å². The molecule has 1 unspecified atom stereocenters. The average Bonchev–Trinajstić information content (AvgIpc) is 2.76. The molecule has 1 atom stereocenters. The number of carbonyl (C=O) groups is 2. The van der Waals surface area contributed by atoms with Gasteiger partial charge >= 0.3 is 0 Å². The largest absolute Gasteiger partial charge is 0.494 e. The van der Waals surface area contributed by atoms with Gasteiger partial charge in [-0.3, -0.25) is 9.59 Å². The van der Waals surface area contributed by atoms with Crippen molar-refractivity contribution in [1.82, 2.24) is 0 Å². The summed E-state index contributed by atoms with van der Waals surface area (Å²) in [5, 5.41) is 11.1. The molecule has 0 spiro atoms. The van der Waals surface area contributed by atoms with Gasteiger partial charge in [0.05, 0.1) is 37.5 Å². The fraction of sp³-hybridized carbons (Fsp3) is 0.364. The number of ketones is 1. The maximum absolute atomic E-state index is 12.9. The number of ether oxygens (including phenoxy) is 4. The van der Waals surface area contributed by atoms with Crippen LogP contribution in [0.25, 0.3) is 0 Å². The third-order valence-corrected chi connectivity index (χ3v) is 4.82. The lowest BCUT2D eigenvalue weighted by molar-refractivity contribution is -0.126. The first-order valence-electron chi connectivity index (χ1n) is 9.99. The van der Waals surface area contributed by atoms with Gasteiger partial charge in [-0.1, -0.05) is 23.2 Å². The number of nitrogens with one attached hydrogen (secondary N) is 1. The van der Waals surface area contributed by atoms with Gasteiger partial charge in [0.2, 0.25) is 6.04 Å². The molecule has 178 valence electrons. The van der Waals surface area contributed by atoms with E-state index in [0.29, 0.717) is 36.1 Å². The van der Waals surface area contributed by atoms with Crippen LogP contribution in [-0.4, -0.2) is 45.2 Å². The number of Topliss-reactive ketones (excluding diaryl/α,β-unsaturated/α-hetero) is 1. The Balaban J connectivity index is 2.36. The molecule has 0 bridgehead atoms. The van der Waals surface area contributed by atoms with Crippen molar-refractivity contribution in [2.24, 2.45) is 10.2 Å². The predicted octanol–water partition coefficient (Wildman–Crippen LogP) is 5.49. The Morgan fingerprint density at radius 3 is 2.24 bits per heavy atom. The third kappa shape index (κ3) is 6.49. The Kier molecular flexibility index (Phi) is 9.74. The minimum absolute atomic E-state index is 0.147. The number of rotatable bonds is 11. The first kappa shape index (κ1) is 26.2. The molecule has 1 N–H and O–H groups in total. The normalized spacial score (nSPS) is 11.7. The highest BCUT2D eigenvalue weighted by atomic mass is 35.5. The Hall–Kier alpha value is -3.04. The number of hydrogen-bond acceptors (Lipinski definition) is 8. The number of azo groups is 1. The van der Waals surface area contributed by atoms with Crippen molar-refractivity contribution in [2.75, 3.05) is 32.8 Å². The van der Waals surface area contributed by atoms with Crippen LogP contribution in [0.3, 0.4) is 0 Å². The zero-order valence-corrected chi connectivity index (χ0v) is 20.4. The number of hydrogen-bond donors (Lipinski definition) is 1. The van der Waals surface area contributed by atoms with Gasteiger partial charge in [0.25, 0.3) is 5.91 Å².